The van der Waals surface area contributed by atoms with E-state index < -0.39 is 6.10 Å². The zero-order valence-electron chi connectivity index (χ0n) is 10.9. The van der Waals surface area contributed by atoms with Crippen LogP contribution in [0.25, 0.3) is 0 Å². The smallest absolute Gasteiger partial charge is 0.240 e. The highest BCUT2D eigenvalue weighted by molar-refractivity contribution is 7.10. The van der Waals surface area contributed by atoms with Gasteiger partial charge in [-0.1, -0.05) is 6.07 Å². The summed E-state index contributed by atoms with van der Waals surface area (Å²) in [5.41, 5.74) is 0. The molecule has 1 unspecified atom stereocenters. The fourth-order valence-electron chi connectivity index (χ4n) is 1.97. The molecule has 0 radical (unpaired) electrons. The van der Waals surface area contributed by atoms with E-state index in [2.05, 4.69) is 5.32 Å². The third-order valence-electron chi connectivity index (χ3n) is 3.07. The zero-order chi connectivity index (χ0) is 14.5. The lowest BCUT2D eigenvalue weighted by Crippen LogP contribution is -2.40. The van der Waals surface area contributed by atoms with Gasteiger partial charge in [-0.15, -0.1) is 11.3 Å². The number of likely N-dealkylation sites (tertiary alicyclic amines) is 1. The highest BCUT2D eigenvalue weighted by atomic mass is 32.1. The van der Waals surface area contributed by atoms with E-state index in [-0.39, 0.29) is 37.1 Å². The minimum atomic E-state index is -0.606. The maximum Gasteiger partial charge on any atom is 0.240 e. The highest BCUT2D eigenvalue weighted by Crippen LogP contribution is 2.20. The monoisotopic (exact) mass is 296 g/mol. The third kappa shape index (κ3) is 3.64. The molecular weight excluding hydrogens is 280 g/mol. The van der Waals surface area contributed by atoms with Crippen LogP contribution in [0.5, 0.6) is 0 Å². The first-order valence-electron chi connectivity index (χ1n) is 6.39. The number of amides is 3. The van der Waals surface area contributed by atoms with Crippen molar-refractivity contribution in [1.29, 1.82) is 0 Å². The van der Waals surface area contributed by atoms with Gasteiger partial charge in [0, 0.05) is 24.3 Å². The van der Waals surface area contributed by atoms with Gasteiger partial charge in [-0.05, 0) is 17.9 Å². The van der Waals surface area contributed by atoms with Gasteiger partial charge in [-0.2, -0.15) is 0 Å². The van der Waals surface area contributed by atoms with Gasteiger partial charge < -0.3 is 10.4 Å². The van der Waals surface area contributed by atoms with Crippen LogP contribution in [-0.4, -0.2) is 40.8 Å². The summed E-state index contributed by atoms with van der Waals surface area (Å²) in [5.74, 6) is -0.987. The molecule has 0 bridgehead atoms. The fourth-order valence-corrected chi connectivity index (χ4v) is 2.72. The molecule has 0 saturated carbocycles. The van der Waals surface area contributed by atoms with Gasteiger partial charge in [0.05, 0.1) is 6.10 Å². The first kappa shape index (κ1) is 14.7. The lowest BCUT2D eigenvalue weighted by atomic mass is 10.2. The number of hydrogen-bond acceptors (Lipinski definition) is 5. The Morgan fingerprint density at radius 3 is 2.70 bits per heavy atom. The van der Waals surface area contributed by atoms with Gasteiger partial charge in [0.1, 0.15) is 6.54 Å². The van der Waals surface area contributed by atoms with Crippen molar-refractivity contribution in [2.24, 2.45) is 0 Å². The van der Waals surface area contributed by atoms with E-state index in [1.54, 1.807) is 0 Å². The summed E-state index contributed by atoms with van der Waals surface area (Å²) >= 11 is 1.46. The van der Waals surface area contributed by atoms with E-state index in [0.717, 1.165) is 9.78 Å². The normalized spacial score (nSPS) is 16.6. The number of carbonyl (C=O) groups is 3. The Labute approximate surface area is 120 Å². The van der Waals surface area contributed by atoms with E-state index in [1.165, 1.54) is 11.3 Å². The average molecular weight is 296 g/mol. The van der Waals surface area contributed by atoms with E-state index in [0.29, 0.717) is 13.0 Å². The van der Waals surface area contributed by atoms with Gasteiger partial charge >= 0.3 is 0 Å². The maximum absolute atomic E-state index is 11.6. The molecule has 6 nitrogen and oxygen atoms in total. The van der Waals surface area contributed by atoms with Crippen molar-refractivity contribution in [3.8, 4) is 0 Å². The topological polar surface area (TPSA) is 86.7 Å². The van der Waals surface area contributed by atoms with E-state index in [1.807, 2.05) is 17.5 Å². The first-order chi connectivity index (χ1) is 9.58. The largest absolute Gasteiger partial charge is 0.388 e. The Kier molecular flexibility index (Phi) is 4.86. The molecule has 0 spiro atoms. The standard InChI is InChI=1S/C13H16N2O4S/c16-9(10-2-1-7-20-10)5-6-14-11(17)8-15-12(18)3-4-13(15)19/h1-2,7,9,16H,3-6,8H2,(H,14,17). The lowest BCUT2D eigenvalue weighted by molar-refractivity contribution is -0.142. The molecule has 1 aliphatic rings. The molecule has 0 aromatic carbocycles. The summed E-state index contributed by atoms with van der Waals surface area (Å²) in [4.78, 5) is 36.1. The number of rotatable bonds is 6. The molecule has 0 aliphatic carbocycles. The summed E-state index contributed by atoms with van der Waals surface area (Å²) in [6.07, 6.45) is 0.158. The Morgan fingerprint density at radius 1 is 1.40 bits per heavy atom. The summed E-state index contributed by atoms with van der Waals surface area (Å²) in [6, 6.07) is 3.69. The van der Waals surface area contributed by atoms with Crippen LogP contribution in [0.3, 0.4) is 0 Å². The van der Waals surface area contributed by atoms with E-state index in [9.17, 15) is 19.5 Å². The number of nitrogens with zero attached hydrogens (tertiary/aromatic N) is 1. The molecule has 2 N–H and O–H groups in total. The number of aliphatic hydroxyl groups is 1. The van der Waals surface area contributed by atoms with Crippen molar-refractivity contribution >= 4 is 29.1 Å². The molecule has 1 aromatic heterocycles. The third-order valence-corrected chi connectivity index (χ3v) is 4.04. The quantitative estimate of drug-likeness (QED) is 0.746. The van der Waals surface area contributed by atoms with Gasteiger partial charge in [-0.25, -0.2) is 0 Å². The average Bonchev–Trinajstić information content (AvgIpc) is 3.04. The second-order valence-corrected chi connectivity index (χ2v) is 5.52. The Balaban J connectivity index is 1.70. The van der Waals surface area contributed by atoms with Crippen molar-refractivity contribution in [2.45, 2.75) is 25.4 Å². The molecular formula is C13H16N2O4S. The SMILES string of the molecule is O=C(CN1C(=O)CCC1=O)NCCC(O)c1cccs1. The Morgan fingerprint density at radius 2 is 2.10 bits per heavy atom. The summed E-state index contributed by atoms with van der Waals surface area (Å²) in [7, 11) is 0. The van der Waals surface area contributed by atoms with Crippen LogP contribution in [-0.2, 0) is 14.4 Å². The van der Waals surface area contributed by atoms with Crippen LogP contribution in [0.1, 0.15) is 30.2 Å². The minimum Gasteiger partial charge on any atom is -0.388 e. The highest BCUT2D eigenvalue weighted by Gasteiger charge is 2.30. The molecule has 1 aliphatic heterocycles. The van der Waals surface area contributed by atoms with Crippen LogP contribution < -0.4 is 5.32 Å². The maximum atomic E-state index is 11.6. The Bertz CT molecular complexity index is 484. The molecule has 2 heterocycles. The molecule has 1 fully saturated rings. The van der Waals surface area contributed by atoms with Crippen LogP contribution in [0.2, 0.25) is 0 Å². The molecule has 7 heteroatoms. The van der Waals surface area contributed by atoms with E-state index >= 15 is 0 Å². The van der Waals surface area contributed by atoms with Crippen molar-refractivity contribution < 1.29 is 19.5 Å². The molecule has 1 saturated heterocycles. The van der Waals surface area contributed by atoms with Crippen molar-refractivity contribution in [1.82, 2.24) is 10.2 Å². The number of carbonyl (C=O) groups excluding carboxylic acids is 3. The Hall–Kier alpha value is -1.73. The van der Waals surface area contributed by atoms with Gasteiger partial charge in [0.2, 0.25) is 17.7 Å². The summed E-state index contributed by atoms with van der Waals surface area (Å²) in [5, 5.41) is 14.3. The van der Waals surface area contributed by atoms with Crippen LogP contribution >= 0.6 is 11.3 Å². The van der Waals surface area contributed by atoms with Gasteiger partial charge in [-0.3, -0.25) is 19.3 Å². The van der Waals surface area contributed by atoms with Crippen molar-refractivity contribution in [2.75, 3.05) is 13.1 Å². The van der Waals surface area contributed by atoms with E-state index in [4.69, 9.17) is 0 Å². The number of nitrogens with one attached hydrogen (secondary N) is 1. The second kappa shape index (κ2) is 6.62. The minimum absolute atomic E-state index is 0.184. The van der Waals surface area contributed by atoms with Gasteiger partial charge in [0.25, 0.3) is 0 Å². The fraction of sp³-hybridized carbons (Fsp3) is 0.462. The molecule has 3 amide bonds. The predicted molar refractivity (Wildman–Crippen MR) is 72.9 cm³/mol. The van der Waals surface area contributed by atoms with Crippen molar-refractivity contribution in [3.05, 3.63) is 22.4 Å². The summed E-state index contributed by atoms with van der Waals surface area (Å²) in [6.45, 7) is 0.0703. The molecule has 2 rings (SSSR count). The molecule has 1 aromatic rings. The predicted octanol–water partition coefficient (Wildman–Crippen LogP) is 0.437. The lowest BCUT2D eigenvalue weighted by Gasteiger charge is -2.14. The van der Waals surface area contributed by atoms with Crippen LogP contribution in [0.4, 0.5) is 0 Å². The number of aliphatic hydroxyl groups excluding tert-OH is 1. The molecule has 1 atom stereocenters. The molecule has 108 valence electrons. The van der Waals surface area contributed by atoms with Crippen molar-refractivity contribution in [3.63, 3.8) is 0 Å². The second-order valence-electron chi connectivity index (χ2n) is 4.54. The van der Waals surface area contributed by atoms with Crippen LogP contribution in [0, 0.1) is 0 Å². The first-order valence-corrected chi connectivity index (χ1v) is 7.27. The number of imide groups is 1. The number of thiophene rings is 1. The van der Waals surface area contributed by atoms with Gasteiger partial charge in [0.15, 0.2) is 0 Å². The number of hydrogen-bond donors (Lipinski definition) is 2. The molecule has 20 heavy (non-hydrogen) atoms. The van der Waals surface area contributed by atoms with Crippen LogP contribution in [0.15, 0.2) is 17.5 Å². The summed E-state index contributed by atoms with van der Waals surface area (Å²) < 4.78 is 0. The zero-order valence-corrected chi connectivity index (χ0v) is 11.7.